The molecule has 0 saturated heterocycles. The Bertz CT molecular complexity index is 479. The third-order valence-electron chi connectivity index (χ3n) is 2.42. The summed E-state index contributed by atoms with van der Waals surface area (Å²) < 4.78 is 0.838. The lowest BCUT2D eigenvalue weighted by Crippen LogP contribution is -2.17. The number of benzene rings is 1. The van der Waals surface area contributed by atoms with Crippen molar-refractivity contribution < 1.29 is 14.7 Å². The monoisotopic (exact) mass is 345 g/mol. The molecule has 1 aromatic carbocycles. The van der Waals surface area contributed by atoms with Gasteiger partial charge in [0.15, 0.2) is 0 Å². The van der Waals surface area contributed by atoms with Gasteiger partial charge in [-0.05, 0) is 40.5 Å². The number of amides is 1. The van der Waals surface area contributed by atoms with Gasteiger partial charge in [0.05, 0.1) is 17.4 Å². The molecule has 6 heteroatoms. The van der Waals surface area contributed by atoms with Crippen molar-refractivity contribution in [3.05, 3.63) is 28.2 Å². The van der Waals surface area contributed by atoms with Crippen LogP contribution in [0.15, 0.2) is 22.7 Å². The molecule has 0 saturated carbocycles. The maximum absolute atomic E-state index is 11.7. The minimum atomic E-state index is -0.839. The first-order valence-corrected chi connectivity index (χ1v) is 7.71. The van der Waals surface area contributed by atoms with Crippen molar-refractivity contribution in [3.8, 4) is 0 Å². The zero-order valence-electron chi connectivity index (χ0n) is 10.8. The molecule has 0 spiro atoms. The fraction of sp³-hybridized carbons (Fsp3) is 0.385. The molecule has 1 aromatic rings. The Hall–Kier alpha value is -1.01. The van der Waals surface area contributed by atoms with Crippen LogP contribution >= 0.6 is 27.7 Å². The number of anilines is 1. The first-order valence-electron chi connectivity index (χ1n) is 5.76. The van der Waals surface area contributed by atoms with Gasteiger partial charge >= 0.3 is 5.97 Å². The van der Waals surface area contributed by atoms with Gasteiger partial charge in [-0.3, -0.25) is 9.59 Å². The van der Waals surface area contributed by atoms with Crippen LogP contribution < -0.4 is 5.32 Å². The maximum atomic E-state index is 11.7. The number of carbonyl (C=O) groups is 2. The maximum Gasteiger partial charge on any atom is 0.307 e. The summed E-state index contributed by atoms with van der Waals surface area (Å²) in [7, 11) is 0. The van der Waals surface area contributed by atoms with E-state index >= 15 is 0 Å². The Labute approximate surface area is 125 Å². The normalized spacial score (nSPS) is 11.9. The summed E-state index contributed by atoms with van der Waals surface area (Å²) >= 11 is 4.70. The van der Waals surface area contributed by atoms with Gasteiger partial charge in [0.2, 0.25) is 5.91 Å². The molecule has 2 N–H and O–H groups in total. The van der Waals surface area contributed by atoms with Gasteiger partial charge in [-0.1, -0.05) is 13.0 Å². The smallest absolute Gasteiger partial charge is 0.307 e. The Balaban J connectivity index is 2.41. The van der Waals surface area contributed by atoms with E-state index in [1.165, 1.54) is 11.8 Å². The van der Waals surface area contributed by atoms with Crippen LogP contribution in [0.2, 0.25) is 0 Å². The third kappa shape index (κ3) is 5.65. The van der Waals surface area contributed by atoms with E-state index in [0.717, 1.165) is 15.7 Å². The highest BCUT2D eigenvalue weighted by atomic mass is 79.9. The fourth-order valence-corrected chi connectivity index (χ4v) is 2.77. The van der Waals surface area contributed by atoms with Gasteiger partial charge in [0.1, 0.15) is 0 Å². The molecule has 1 atom stereocenters. The lowest BCUT2D eigenvalue weighted by atomic mass is 10.2. The number of nitrogens with one attached hydrogen (secondary N) is 1. The minimum absolute atomic E-state index is 0.132. The third-order valence-corrected chi connectivity index (χ3v) is 4.28. The molecule has 1 unspecified atom stereocenters. The molecule has 0 fully saturated rings. The largest absolute Gasteiger partial charge is 0.481 e. The van der Waals surface area contributed by atoms with Gasteiger partial charge in [-0.2, -0.15) is 11.8 Å². The summed E-state index contributed by atoms with van der Waals surface area (Å²) in [6.07, 6.45) is 0. The van der Waals surface area contributed by atoms with Crippen LogP contribution in [-0.4, -0.2) is 28.5 Å². The molecule has 0 bridgehead atoms. The number of aliphatic carboxylic acids is 1. The SMILES string of the molecule is Cc1ccc(NC(=O)CSCC(C)C(=O)O)c(Br)c1. The van der Waals surface area contributed by atoms with Crippen molar-refractivity contribution in [3.63, 3.8) is 0 Å². The van der Waals surface area contributed by atoms with E-state index < -0.39 is 11.9 Å². The first kappa shape index (κ1) is 16.0. The van der Waals surface area contributed by atoms with Gasteiger partial charge in [0, 0.05) is 10.2 Å². The summed E-state index contributed by atoms with van der Waals surface area (Å²) in [5.74, 6) is -0.735. The number of thioether (sulfide) groups is 1. The Morgan fingerprint density at radius 1 is 1.47 bits per heavy atom. The molecule has 0 radical (unpaired) electrons. The van der Waals surface area contributed by atoms with Crippen molar-refractivity contribution in [1.29, 1.82) is 0 Å². The van der Waals surface area contributed by atoms with E-state index in [2.05, 4.69) is 21.2 Å². The Morgan fingerprint density at radius 2 is 2.16 bits per heavy atom. The second-order valence-corrected chi connectivity index (χ2v) is 6.17. The van der Waals surface area contributed by atoms with Crippen LogP contribution in [0.25, 0.3) is 0 Å². The van der Waals surface area contributed by atoms with Crippen LogP contribution in [0, 0.1) is 12.8 Å². The summed E-state index contributed by atoms with van der Waals surface area (Å²) in [6, 6.07) is 5.68. The van der Waals surface area contributed by atoms with Gasteiger partial charge < -0.3 is 10.4 Å². The highest BCUT2D eigenvalue weighted by Crippen LogP contribution is 2.23. The molecule has 0 aromatic heterocycles. The number of rotatable bonds is 6. The number of hydrogen-bond acceptors (Lipinski definition) is 3. The molecule has 0 aliphatic heterocycles. The summed E-state index contributed by atoms with van der Waals surface area (Å²) in [5, 5.41) is 11.5. The molecule has 104 valence electrons. The van der Waals surface area contributed by atoms with E-state index in [4.69, 9.17) is 5.11 Å². The van der Waals surface area contributed by atoms with Crippen molar-refractivity contribution in [1.82, 2.24) is 0 Å². The van der Waals surface area contributed by atoms with Crippen LogP contribution in [0.3, 0.4) is 0 Å². The summed E-state index contributed by atoms with van der Waals surface area (Å²) in [5.41, 5.74) is 1.83. The van der Waals surface area contributed by atoms with E-state index in [9.17, 15) is 9.59 Å². The van der Waals surface area contributed by atoms with Crippen LogP contribution in [-0.2, 0) is 9.59 Å². The molecule has 0 aliphatic rings. The average molecular weight is 346 g/mol. The summed E-state index contributed by atoms with van der Waals surface area (Å²) in [6.45, 7) is 3.60. The standard InChI is InChI=1S/C13H16BrNO3S/c1-8-3-4-11(10(14)5-8)15-12(16)7-19-6-9(2)13(17)18/h3-5,9H,6-7H2,1-2H3,(H,15,16)(H,17,18). The fourth-order valence-electron chi connectivity index (χ4n) is 1.31. The van der Waals surface area contributed by atoms with Gasteiger partial charge in [-0.15, -0.1) is 0 Å². The predicted octanol–water partition coefficient (Wildman–Crippen LogP) is 3.15. The van der Waals surface area contributed by atoms with E-state index in [-0.39, 0.29) is 11.7 Å². The lowest BCUT2D eigenvalue weighted by molar-refractivity contribution is -0.140. The molecule has 0 heterocycles. The Morgan fingerprint density at radius 3 is 2.74 bits per heavy atom. The van der Waals surface area contributed by atoms with Crippen molar-refractivity contribution in [2.24, 2.45) is 5.92 Å². The number of hydrogen-bond donors (Lipinski definition) is 2. The average Bonchev–Trinajstić information content (AvgIpc) is 2.32. The van der Waals surface area contributed by atoms with E-state index in [1.807, 2.05) is 25.1 Å². The number of halogens is 1. The quantitative estimate of drug-likeness (QED) is 0.830. The highest BCUT2D eigenvalue weighted by molar-refractivity contribution is 9.10. The topological polar surface area (TPSA) is 66.4 Å². The number of aryl methyl sites for hydroxylation is 1. The van der Waals surface area contributed by atoms with E-state index in [0.29, 0.717) is 5.75 Å². The van der Waals surface area contributed by atoms with Crippen molar-refractivity contribution >= 4 is 45.3 Å². The lowest BCUT2D eigenvalue weighted by Gasteiger charge is -2.09. The minimum Gasteiger partial charge on any atom is -0.481 e. The second kappa shape index (κ2) is 7.55. The molecule has 1 amide bonds. The molecular weight excluding hydrogens is 330 g/mol. The number of carbonyl (C=O) groups excluding carboxylic acids is 1. The zero-order valence-corrected chi connectivity index (χ0v) is 13.2. The number of carboxylic acid groups (broad SMARTS) is 1. The molecule has 19 heavy (non-hydrogen) atoms. The van der Waals surface area contributed by atoms with Crippen LogP contribution in [0.5, 0.6) is 0 Å². The molecular formula is C13H16BrNO3S. The second-order valence-electron chi connectivity index (χ2n) is 4.29. The van der Waals surface area contributed by atoms with E-state index in [1.54, 1.807) is 6.92 Å². The van der Waals surface area contributed by atoms with Crippen LogP contribution in [0.4, 0.5) is 5.69 Å². The zero-order chi connectivity index (χ0) is 14.4. The molecule has 0 aliphatic carbocycles. The molecule has 4 nitrogen and oxygen atoms in total. The molecule has 1 rings (SSSR count). The highest BCUT2D eigenvalue weighted by Gasteiger charge is 2.12. The van der Waals surface area contributed by atoms with Crippen molar-refractivity contribution in [2.45, 2.75) is 13.8 Å². The summed E-state index contributed by atoms with van der Waals surface area (Å²) in [4.78, 5) is 22.3. The number of carboxylic acids is 1. The van der Waals surface area contributed by atoms with Gasteiger partial charge in [0.25, 0.3) is 0 Å². The van der Waals surface area contributed by atoms with Crippen molar-refractivity contribution in [2.75, 3.05) is 16.8 Å². The predicted molar refractivity (Wildman–Crippen MR) is 81.6 cm³/mol. The van der Waals surface area contributed by atoms with Crippen LogP contribution in [0.1, 0.15) is 12.5 Å². The van der Waals surface area contributed by atoms with Gasteiger partial charge in [-0.25, -0.2) is 0 Å². The Kier molecular flexibility index (Phi) is 6.37. The first-order chi connectivity index (χ1) is 8.90.